The minimum Gasteiger partial charge on any atom is -0.614 e. The van der Waals surface area contributed by atoms with E-state index in [9.17, 15) is 19.2 Å². The summed E-state index contributed by atoms with van der Waals surface area (Å²) in [6, 6.07) is 17.8. The molecule has 152 valence electrons. The van der Waals surface area contributed by atoms with Crippen molar-refractivity contribution in [1.82, 2.24) is 4.90 Å². The van der Waals surface area contributed by atoms with Crippen molar-refractivity contribution in [3.05, 3.63) is 71.8 Å². The number of aliphatic hydroxyl groups is 1. The quantitative estimate of drug-likeness (QED) is 0.460. The van der Waals surface area contributed by atoms with Gasteiger partial charge in [0.05, 0.1) is 6.61 Å². The van der Waals surface area contributed by atoms with Crippen LogP contribution in [0.25, 0.3) is 0 Å². The van der Waals surface area contributed by atoms with Crippen LogP contribution in [0.5, 0.6) is 0 Å². The van der Waals surface area contributed by atoms with E-state index in [0.717, 1.165) is 11.1 Å². The third kappa shape index (κ3) is 3.13. The molecule has 2 aliphatic rings. The van der Waals surface area contributed by atoms with Crippen molar-refractivity contribution in [1.29, 1.82) is 0 Å². The molecule has 2 heterocycles. The number of hydrogen-bond acceptors (Lipinski definition) is 5. The van der Waals surface area contributed by atoms with Crippen LogP contribution < -0.4 is 0 Å². The van der Waals surface area contributed by atoms with Crippen LogP contribution in [0.1, 0.15) is 31.1 Å². The first-order chi connectivity index (χ1) is 13.9. The molecule has 4 atom stereocenters. The van der Waals surface area contributed by atoms with E-state index in [1.54, 1.807) is 13.8 Å². The Balaban J connectivity index is 1.65. The van der Waals surface area contributed by atoms with Crippen LogP contribution in [0.2, 0.25) is 0 Å². The third-order valence-corrected chi connectivity index (χ3v) is 7.98. The van der Waals surface area contributed by atoms with Crippen molar-refractivity contribution in [3.63, 3.8) is 0 Å². The molecule has 0 aliphatic carbocycles. The summed E-state index contributed by atoms with van der Waals surface area (Å²) in [6.07, 6.45) is -0.641. The zero-order chi connectivity index (χ0) is 20.8. The van der Waals surface area contributed by atoms with E-state index in [1.165, 1.54) is 4.90 Å². The van der Waals surface area contributed by atoms with Crippen LogP contribution in [0.15, 0.2) is 60.7 Å². The number of hydrogen-bond donors (Lipinski definition) is 1. The van der Waals surface area contributed by atoms with Gasteiger partial charge in [0.25, 0.3) is 0 Å². The first-order valence-electron chi connectivity index (χ1n) is 9.52. The minimum atomic E-state index is -1.48. The Morgan fingerprint density at radius 3 is 2.14 bits per heavy atom. The van der Waals surface area contributed by atoms with Crippen LogP contribution in [0, 0.1) is 5.92 Å². The molecule has 2 fully saturated rings. The third-order valence-electron chi connectivity index (χ3n) is 5.72. The molecular formula is C22H23NO5S. The summed E-state index contributed by atoms with van der Waals surface area (Å²) >= 11 is -1.48. The molecule has 6 nitrogen and oxygen atoms in total. The maximum absolute atomic E-state index is 13.3. The Morgan fingerprint density at radius 1 is 1.14 bits per heavy atom. The number of carbonyl (C=O) groups excluding carboxylic acids is 2. The molecule has 0 radical (unpaired) electrons. The van der Waals surface area contributed by atoms with E-state index in [1.807, 2.05) is 60.7 Å². The largest absolute Gasteiger partial charge is 0.614 e. The fourth-order valence-electron chi connectivity index (χ4n) is 4.16. The Bertz CT molecular complexity index is 864. The van der Waals surface area contributed by atoms with Crippen LogP contribution in [-0.4, -0.2) is 49.2 Å². The molecule has 1 unspecified atom stereocenters. The van der Waals surface area contributed by atoms with E-state index in [-0.39, 0.29) is 12.5 Å². The minimum absolute atomic E-state index is 0.352. The number of β-lactam (4-membered cyclic amide) rings is 1. The lowest BCUT2D eigenvalue weighted by atomic mass is 9.92. The van der Waals surface area contributed by atoms with Gasteiger partial charge in [-0.05, 0) is 36.2 Å². The van der Waals surface area contributed by atoms with Gasteiger partial charge in [0.15, 0.2) is 16.9 Å². The Labute approximate surface area is 172 Å². The molecular weight excluding hydrogens is 390 g/mol. The fraction of sp³-hybridized carbons (Fsp3) is 0.364. The Hall–Kier alpha value is -2.35. The van der Waals surface area contributed by atoms with E-state index in [4.69, 9.17) is 4.74 Å². The summed E-state index contributed by atoms with van der Waals surface area (Å²) in [5, 5.41) is 8.81. The Kier molecular flexibility index (Phi) is 5.14. The molecule has 1 amide bonds. The predicted octanol–water partition coefficient (Wildman–Crippen LogP) is 2.01. The van der Waals surface area contributed by atoms with E-state index in [0.29, 0.717) is 0 Å². The smallest absolute Gasteiger partial charge is 0.335 e. The van der Waals surface area contributed by atoms with Crippen LogP contribution in [-0.2, 0) is 25.5 Å². The van der Waals surface area contributed by atoms with E-state index < -0.39 is 45.3 Å². The van der Waals surface area contributed by atoms with Gasteiger partial charge in [0, 0.05) is 0 Å². The van der Waals surface area contributed by atoms with Gasteiger partial charge in [-0.15, -0.1) is 0 Å². The second-order valence-electron chi connectivity index (χ2n) is 7.87. The highest BCUT2D eigenvalue weighted by Crippen LogP contribution is 2.49. The highest BCUT2D eigenvalue weighted by Gasteiger charge is 2.72. The molecule has 1 N–H and O–H groups in total. The molecule has 4 rings (SSSR count). The SMILES string of the molecule is CC1(C)[C@H](C(=O)OC(c2ccccc2)c2ccccc2)N2C(=O)[C@@H](CO)[C@H]2[S+]1[O-]. The first kappa shape index (κ1) is 19.9. The fourth-order valence-corrected chi connectivity index (χ4v) is 6.15. The van der Waals surface area contributed by atoms with Crippen LogP contribution in [0.4, 0.5) is 0 Å². The first-order valence-corrected chi connectivity index (χ1v) is 10.7. The molecule has 2 aliphatic heterocycles. The summed E-state index contributed by atoms with van der Waals surface area (Å²) in [5.41, 5.74) is 1.62. The number of rotatable bonds is 5. The van der Waals surface area contributed by atoms with Crippen molar-refractivity contribution in [2.45, 2.75) is 36.1 Å². The van der Waals surface area contributed by atoms with Crippen LogP contribution >= 0.6 is 0 Å². The number of amides is 1. The van der Waals surface area contributed by atoms with Crippen LogP contribution in [0.3, 0.4) is 0 Å². The lowest BCUT2D eigenvalue weighted by Crippen LogP contribution is -2.64. The second-order valence-corrected chi connectivity index (χ2v) is 10.00. The number of carbonyl (C=O) groups is 2. The lowest BCUT2D eigenvalue weighted by Gasteiger charge is -2.40. The number of aliphatic hydroxyl groups excluding tert-OH is 1. The molecule has 0 aromatic heterocycles. The standard InChI is InChI=1S/C22H23NO5S/c1-22(2)18(23-19(25)16(13-24)20(23)29(22)27)21(26)28-17(14-9-5-3-6-10-14)15-11-7-4-8-12-15/h3-12,16-18,20,24H,13H2,1-2H3/t16-,18+,20-,29?/m1/s1. The average Bonchev–Trinajstić information content (AvgIpc) is 2.91. The van der Waals surface area contributed by atoms with Gasteiger partial charge in [0.2, 0.25) is 11.3 Å². The topological polar surface area (TPSA) is 89.9 Å². The summed E-state index contributed by atoms with van der Waals surface area (Å²) in [6.45, 7) is 3.03. The maximum atomic E-state index is 13.3. The summed E-state index contributed by atoms with van der Waals surface area (Å²) in [5.74, 6) is -1.66. The van der Waals surface area contributed by atoms with Crippen molar-refractivity contribution < 1.29 is 24.0 Å². The predicted molar refractivity (Wildman–Crippen MR) is 108 cm³/mol. The van der Waals surface area contributed by atoms with Gasteiger partial charge in [-0.2, -0.15) is 0 Å². The lowest BCUT2D eigenvalue weighted by molar-refractivity contribution is -0.170. The van der Waals surface area contributed by atoms with Gasteiger partial charge in [-0.1, -0.05) is 60.7 Å². The normalized spacial score (nSPS) is 27.5. The summed E-state index contributed by atoms with van der Waals surface area (Å²) in [4.78, 5) is 27.1. The molecule has 2 saturated heterocycles. The number of benzene rings is 2. The summed E-state index contributed by atoms with van der Waals surface area (Å²) < 4.78 is 17.9. The molecule has 0 saturated carbocycles. The molecule has 2 aromatic rings. The number of esters is 1. The molecule has 29 heavy (non-hydrogen) atoms. The highest BCUT2D eigenvalue weighted by molar-refractivity contribution is 7.93. The average molecular weight is 413 g/mol. The molecule has 2 aromatic carbocycles. The molecule has 7 heteroatoms. The zero-order valence-corrected chi connectivity index (χ0v) is 17.0. The number of nitrogens with zero attached hydrogens (tertiary/aromatic N) is 1. The van der Waals surface area contributed by atoms with Gasteiger partial charge >= 0.3 is 5.97 Å². The van der Waals surface area contributed by atoms with Crippen molar-refractivity contribution >= 4 is 23.1 Å². The number of fused-ring (bicyclic) bond motifs is 1. The van der Waals surface area contributed by atoms with Crippen molar-refractivity contribution in [2.24, 2.45) is 5.92 Å². The van der Waals surface area contributed by atoms with E-state index in [2.05, 4.69) is 0 Å². The highest BCUT2D eigenvalue weighted by atomic mass is 32.2. The van der Waals surface area contributed by atoms with Gasteiger partial charge in [-0.3, -0.25) is 9.69 Å². The van der Waals surface area contributed by atoms with Gasteiger partial charge < -0.3 is 14.4 Å². The van der Waals surface area contributed by atoms with Gasteiger partial charge in [-0.25, -0.2) is 4.79 Å². The molecule has 0 bridgehead atoms. The van der Waals surface area contributed by atoms with E-state index >= 15 is 0 Å². The molecule has 0 spiro atoms. The Morgan fingerprint density at radius 2 is 1.66 bits per heavy atom. The summed E-state index contributed by atoms with van der Waals surface area (Å²) in [7, 11) is 0. The second kappa shape index (κ2) is 7.48. The maximum Gasteiger partial charge on any atom is 0.335 e. The van der Waals surface area contributed by atoms with Gasteiger partial charge in [0.1, 0.15) is 5.92 Å². The number of ether oxygens (including phenoxy) is 1. The zero-order valence-electron chi connectivity index (χ0n) is 16.2. The monoisotopic (exact) mass is 413 g/mol. The van der Waals surface area contributed by atoms with Crippen molar-refractivity contribution in [3.8, 4) is 0 Å². The van der Waals surface area contributed by atoms with Crippen molar-refractivity contribution in [2.75, 3.05) is 6.61 Å².